The van der Waals surface area contributed by atoms with Crippen LogP contribution in [0.5, 0.6) is 11.5 Å². The quantitative estimate of drug-likeness (QED) is 0.644. The van der Waals surface area contributed by atoms with Gasteiger partial charge in [-0.25, -0.2) is 5.01 Å². The minimum absolute atomic E-state index is 0.238. The van der Waals surface area contributed by atoms with Gasteiger partial charge in [0.05, 0.1) is 5.02 Å². The average molecular weight is 462 g/mol. The highest BCUT2D eigenvalue weighted by atomic mass is 35.5. The van der Waals surface area contributed by atoms with Gasteiger partial charge < -0.3 is 14.8 Å². The number of hydrogen-bond donors (Lipinski definition) is 1. The van der Waals surface area contributed by atoms with Crippen molar-refractivity contribution in [3.8, 4) is 11.5 Å². The molecular weight excluding hydrogens is 438 g/mol. The first-order chi connectivity index (χ1) is 14.8. The summed E-state index contributed by atoms with van der Waals surface area (Å²) in [6, 6.07) is 11.3. The van der Waals surface area contributed by atoms with Crippen molar-refractivity contribution in [2.24, 2.45) is 5.10 Å². The van der Waals surface area contributed by atoms with Crippen LogP contribution in [-0.2, 0) is 9.59 Å². The van der Waals surface area contributed by atoms with E-state index >= 15 is 0 Å². The number of ether oxygens (including phenoxy) is 2. The average Bonchev–Trinajstić information content (AvgIpc) is 3.11. The number of hydrazone groups is 1. The summed E-state index contributed by atoms with van der Waals surface area (Å²) in [6.45, 7) is 7.54. The van der Waals surface area contributed by atoms with Crippen LogP contribution >= 0.6 is 23.4 Å². The van der Waals surface area contributed by atoms with Crippen LogP contribution in [0.2, 0.25) is 5.02 Å². The van der Waals surface area contributed by atoms with Crippen LogP contribution in [-0.4, -0.2) is 35.2 Å². The molecule has 1 atom stereocenters. The van der Waals surface area contributed by atoms with E-state index in [1.807, 2.05) is 38.1 Å². The summed E-state index contributed by atoms with van der Waals surface area (Å²) in [6.07, 6.45) is 0. The Bertz CT molecular complexity index is 1010. The lowest BCUT2D eigenvalue weighted by atomic mass is 10.1. The highest BCUT2D eigenvalue weighted by molar-refractivity contribution is 8.14. The summed E-state index contributed by atoms with van der Waals surface area (Å²) in [4.78, 5) is 23.3. The van der Waals surface area contributed by atoms with Crippen LogP contribution in [0, 0.1) is 13.8 Å². The second kappa shape index (κ2) is 10.1. The molecule has 0 aliphatic carbocycles. The molecule has 0 spiro atoms. The Morgan fingerprint density at radius 2 is 1.81 bits per heavy atom. The van der Waals surface area contributed by atoms with Gasteiger partial charge in [-0.1, -0.05) is 47.6 Å². The number of amidine groups is 1. The van der Waals surface area contributed by atoms with E-state index in [9.17, 15) is 9.59 Å². The van der Waals surface area contributed by atoms with Crippen LogP contribution in [0.4, 0.5) is 0 Å². The SMILES string of the molecule is CC(=O)NC1=NN(C(C)=O)[C@H](c2ccc(OCCOc3c(C)cccc3C)c(Cl)c2)S1. The topological polar surface area (TPSA) is 80.2 Å². The summed E-state index contributed by atoms with van der Waals surface area (Å²) in [7, 11) is 0. The number of nitrogens with one attached hydrogen (secondary N) is 1. The maximum absolute atomic E-state index is 12.0. The number of halogens is 1. The summed E-state index contributed by atoms with van der Waals surface area (Å²) in [5, 5.41) is 8.49. The second-order valence-corrected chi connectivity index (χ2v) is 8.50. The fourth-order valence-corrected chi connectivity index (χ4v) is 4.46. The molecule has 1 heterocycles. The summed E-state index contributed by atoms with van der Waals surface area (Å²) >= 11 is 7.69. The smallest absolute Gasteiger partial charge is 0.241 e. The van der Waals surface area contributed by atoms with Crippen LogP contribution in [0.1, 0.15) is 35.9 Å². The number of carbonyl (C=O) groups is 2. The molecule has 0 saturated heterocycles. The number of benzene rings is 2. The molecule has 0 radical (unpaired) electrons. The number of thioether (sulfide) groups is 1. The third-order valence-corrected chi connectivity index (χ3v) is 5.88. The van der Waals surface area contributed by atoms with E-state index in [0.29, 0.717) is 29.2 Å². The van der Waals surface area contributed by atoms with E-state index < -0.39 is 5.37 Å². The maximum Gasteiger partial charge on any atom is 0.241 e. The zero-order valence-electron chi connectivity index (χ0n) is 17.8. The Balaban J connectivity index is 1.62. The Hall–Kier alpha value is -2.71. The Labute approximate surface area is 190 Å². The lowest BCUT2D eigenvalue weighted by Gasteiger charge is -2.20. The molecule has 0 unspecified atom stereocenters. The van der Waals surface area contributed by atoms with E-state index in [-0.39, 0.29) is 11.8 Å². The third kappa shape index (κ3) is 5.71. The Morgan fingerprint density at radius 1 is 1.13 bits per heavy atom. The minimum Gasteiger partial charge on any atom is -0.489 e. The van der Waals surface area contributed by atoms with Gasteiger partial charge in [-0.3, -0.25) is 9.59 Å². The van der Waals surface area contributed by atoms with Crippen molar-refractivity contribution in [3.05, 3.63) is 58.1 Å². The molecule has 164 valence electrons. The number of nitrogens with zero attached hydrogens (tertiary/aromatic N) is 2. The van der Waals surface area contributed by atoms with E-state index in [1.165, 1.54) is 30.6 Å². The molecule has 2 aromatic rings. The number of carbonyl (C=O) groups excluding carboxylic acids is 2. The second-order valence-electron chi connectivity index (χ2n) is 7.03. The summed E-state index contributed by atoms with van der Waals surface area (Å²) in [5.41, 5.74) is 2.92. The first-order valence-electron chi connectivity index (χ1n) is 9.70. The predicted octanol–water partition coefficient (Wildman–Crippen LogP) is 4.42. The largest absolute Gasteiger partial charge is 0.489 e. The van der Waals surface area contributed by atoms with E-state index in [1.54, 1.807) is 12.1 Å². The van der Waals surface area contributed by atoms with Gasteiger partial charge in [0.25, 0.3) is 0 Å². The van der Waals surface area contributed by atoms with Gasteiger partial charge in [-0.05, 0) is 42.7 Å². The molecule has 9 heteroatoms. The number of amides is 2. The number of para-hydroxylation sites is 1. The van der Waals surface area contributed by atoms with Gasteiger partial charge in [0.15, 0.2) is 5.17 Å². The van der Waals surface area contributed by atoms with E-state index in [0.717, 1.165) is 22.4 Å². The monoisotopic (exact) mass is 461 g/mol. The van der Waals surface area contributed by atoms with Crippen molar-refractivity contribution in [3.63, 3.8) is 0 Å². The van der Waals surface area contributed by atoms with Gasteiger partial charge in [-0.2, -0.15) is 0 Å². The zero-order chi connectivity index (χ0) is 22.5. The van der Waals surface area contributed by atoms with Crippen molar-refractivity contribution < 1.29 is 19.1 Å². The zero-order valence-corrected chi connectivity index (χ0v) is 19.3. The van der Waals surface area contributed by atoms with Gasteiger partial charge in [-0.15, -0.1) is 5.10 Å². The molecule has 1 aliphatic heterocycles. The highest BCUT2D eigenvalue weighted by Crippen LogP contribution is 2.40. The Kier molecular flexibility index (Phi) is 7.46. The molecule has 0 saturated carbocycles. The molecule has 0 bridgehead atoms. The van der Waals surface area contributed by atoms with Gasteiger partial charge in [0.2, 0.25) is 11.8 Å². The molecule has 7 nitrogen and oxygen atoms in total. The Morgan fingerprint density at radius 3 is 2.42 bits per heavy atom. The lowest BCUT2D eigenvalue weighted by Crippen LogP contribution is -2.25. The normalized spacial score (nSPS) is 15.5. The maximum atomic E-state index is 12.0. The summed E-state index contributed by atoms with van der Waals surface area (Å²) < 4.78 is 11.6. The number of aryl methyl sites for hydroxylation is 2. The molecule has 0 fully saturated rings. The van der Waals surface area contributed by atoms with Gasteiger partial charge in [0.1, 0.15) is 30.1 Å². The number of rotatable bonds is 6. The molecule has 31 heavy (non-hydrogen) atoms. The lowest BCUT2D eigenvalue weighted by molar-refractivity contribution is -0.129. The molecule has 3 rings (SSSR count). The van der Waals surface area contributed by atoms with Gasteiger partial charge >= 0.3 is 0 Å². The van der Waals surface area contributed by atoms with Crippen molar-refractivity contribution in [1.82, 2.24) is 10.3 Å². The highest BCUT2D eigenvalue weighted by Gasteiger charge is 2.32. The minimum atomic E-state index is -0.418. The van der Waals surface area contributed by atoms with Gasteiger partial charge in [0, 0.05) is 13.8 Å². The first-order valence-corrected chi connectivity index (χ1v) is 11.0. The summed E-state index contributed by atoms with van der Waals surface area (Å²) in [5.74, 6) is 0.902. The molecule has 2 amide bonds. The van der Waals surface area contributed by atoms with Crippen molar-refractivity contribution in [1.29, 1.82) is 0 Å². The van der Waals surface area contributed by atoms with Crippen LogP contribution in [0.3, 0.4) is 0 Å². The van der Waals surface area contributed by atoms with E-state index in [4.69, 9.17) is 21.1 Å². The van der Waals surface area contributed by atoms with Crippen molar-refractivity contribution in [2.75, 3.05) is 13.2 Å². The van der Waals surface area contributed by atoms with Crippen LogP contribution < -0.4 is 14.8 Å². The third-order valence-electron chi connectivity index (χ3n) is 4.49. The van der Waals surface area contributed by atoms with Crippen molar-refractivity contribution >= 4 is 40.3 Å². The number of hydrogen-bond acceptors (Lipinski definition) is 6. The van der Waals surface area contributed by atoms with Crippen LogP contribution in [0.25, 0.3) is 0 Å². The first kappa shape index (κ1) is 23.0. The molecule has 1 N–H and O–H groups in total. The molecule has 0 aromatic heterocycles. The fraction of sp³-hybridized carbons (Fsp3) is 0.318. The van der Waals surface area contributed by atoms with Crippen LogP contribution in [0.15, 0.2) is 41.5 Å². The molecule has 2 aromatic carbocycles. The molecule has 1 aliphatic rings. The standard InChI is InChI=1S/C22H24ClN3O4S/c1-13-6-5-7-14(2)20(13)30-11-10-29-19-9-8-17(12-18(19)23)21-26(16(4)28)25-22(31-21)24-15(3)27/h5-9,12,21H,10-11H2,1-4H3,(H,24,25,27)/t21-/m0/s1. The van der Waals surface area contributed by atoms with E-state index in [2.05, 4.69) is 10.4 Å². The molecular formula is C22H24ClN3O4S. The van der Waals surface area contributed by atoms with Crippen molar-refractivity contribution in [2.45, 2.75) is 33.1 Å². The predicted molar refractivity (Wildman–Crippen MR) is 122 cm³/mol. The fourth-order valence-electron chi connectivity index (χ4n) is 3.09.